The molecule has 0 spiro atoms. The van der Waals surface area contributed by atoms with E-state index in [1.54, 1.807) is 15.8 Å². The minimum absolute atomic E-state index is 0.109. The molecule has 0 radical (unpaired) electrons. The first kappa shape index (κ1) is 20.8. The molecule has 0 unspecified atom stereocenters. The summed E-state index contributed by atoms with van der Waals surface area (Å²) in [5.41, 5.74) is 4.09. The van der Waals surface area contributed by atoms with Crippen LogP contribution >= 0.6 is 0 Å². The first-order valence-electron chi connectivity index (χ1n) is 9.95. The molecule has 29 heavy (non-hydrogen) atoms. The van der Waals surface area contributed by atoms with E-state index in [0.717, 1.165) is 24.1 Å². The quantitative estimate of drug-likeness (QED) is 0.823. The van der Waals surface area contributed by atoms with E-state index in [1.165, 1.54) is 0 Å². The number of carbonyl (C=O) groups excluding carboxylic acids is 2. The maximum Gasteiger partial charge on any atom is 0.426 e. The van der Waals surface area contributed by atoms with Gasteiger partial charge in [-0.2, -0.15) is 0 Å². The predicted octanol–water partition coefficient (Wildman–Crippen LogP) is 4.48. The van der Waals surface area contributed by atoms with E-state index < -0.39 is 11.7 Å². The molecule has 2 aromatic rings. The molecule has 7 heteroatoms. The molecule has 0 bridgehead atoms. The van der Waals surface area contributed by atoms with Crippen LogP contribution in [-0.4, -0.2) is 40.5 Å². The smallest absolute Gasteiger partial charge is 0.426 e. The summed E-state index contributed by atoms with van der Waals surface area (Å²) >= 11 is 0. The maximum atomic E-state index is 12.5. The second-order valence-electron chi connectivity index (χ2n) is 8.24. The molecular formula is C22H29N3O4. The number of amides is 2. The lowest BCUT2D eigenvalue weighted by molar-refractivity contribution is 0.0609. The van der Waals surface area contributed by atoms with E-state index in [0.29, 0.717) is 13.1 Å². The first-order chi connectivity index (χ1) is 13.8. The van der Waals surface area contributed by atoms with Crippen LogP contribution in [0.1, 0.15) is 50.8 Å². The minimum atomic E-state index is -0.568. The third-order valence-electron chi connectivity index (χ3n) is 4.69. The van der Waals surface area contributed by atoms with Crippen molar-refractivity contribution in [1.29, 1.82) is 0 Å². The van der Waals surface area contributed by atoms with Crippen molar-refractivity contribution in [3.05, 3.63) is 59.9 Å². The fraction of sp³-hybridized carbons (Fsp3) is 0.455. The Morgan fingerprint density at radius 3 is 2.62 bits per heavy atom. The zero-order valence-electron chi connectivity index (χ0n) is 17.3. The lowest BCUT2D eigenvalue weighted by atomic mass is 9.95. The summed E-state index contributed by atoms with van der Waals surface area (Å²) in [4.78, 5) is 26.4. The Kier molecular flexibility index (Phi) is 6.46. The molecule has 1 aliphatic heterocycles. The molecule has 2 heterocycles. The number of likely N-dealkylation sites (tertiary alicyclic amines) is 1. The van der Waals surface area contributed by atoms with Gasteiger partial charge in [0.15, 0.2) is 0 Å². The highest BCUT2D eigenvalue weighted by Crippen LogP contribution is 2.27. The van der Waals surface area contributed by atoms with Gasteiger partial charge in [-0.25, -0.2) is 15.0 Å². The van der Waals surface area contributed by atoms with Crippen LogP contribution in [0.2, 0.25) is 0 Å². The van der Waals surface area contributed by atoms with Crippen LogP contribution in [0, 0.1) is 0 Å². The van der Waals surface area contributed by atoms with Gasteiger partial charge in [0.2, 0.25) is 0 Å². The highest BCUT2D eigenvalue weighted by molar-refractivity contribution is 5.76. The van der Waals surface area contributed by atoms with E-state index in [2.05, 4.69) is 5.43 Å². The van der Waals surface area contributed by atoms with Crippen LogP contribution in [-0.2, 0) is 16.1 Å². The van der Waals surface area contributed by atoms with Crippen molar-refractivity contribution in [3.8, 4) is 0 Å². The summed E-state index contributed by atoms with van der Waals surface area (Å²) in [7, 11) is 0. The number of hydrogen-bond donors (Lipinski definition) is 1. The number of piperidine rings is 1. The Morgan fingerprint density at radius 1 is 1.14 bits per heavy atom. The molecule has 1 N–H and O–H groups in total. The molecule has 1 aromatic heterocycles. The summed E-state index contributed by atoms with van der Waals surface area (Å²) in [6.07, 6.45) is 2.78. The van der Waals surface area contributed by atoms with Crippen molar-refractivity contribution in [3.63, 3.8) is 0 Å². The number of aromatic nitrogens is 1. The van der Waals surface area contributed by atoms with Crippen LogP contribution in [0.5, 0.6) is 0 Å². The highest BCUT2D eigenvalue weighted by atomic mass is 16.6. The van der Waals surface area contributed by atoms with E-state index in [9.17, 15) is 9.59 Å². The lowest BCUT2D eigenvalue weighted by Crippen LogP contribution is -2.40. The molecule has 1 fully saturated rings. The number of ether oxygens (including phenoxy) is 2. The van der Waals surface area contributed by atoms with Gasteiger partial charge in [0.1, 0.15) is 12.2 Å². The predicted molar refractivity (Wildman–Crippen MR) is 110 cm³/mol. The van der Waals surface area contributed by atoms with E-state index in [1.807, 2.05) is 63.2 Å². The maximum absolute atomic E-state index is 12.5. The van der Waals surface area contributed by atoms with Gasteiger partial charge in [0, 0.05) is 30.9 Å². The largest absolute Gasteiger partial charge is 0.445 e. The van der Waals surface area contributed by atoms with E-state index in [4.69, 9.17) is 9.47 Å². The topological polar surface area (TPSA) is 72.8 Å². The Morgan fingerprint density at radius 2 is 1.90 bits per heavy atom. The second-order valence-corrected chi connectivity index (χ2v) is 8.24. The Balaban J connectivity index is 1.59. The van der Waals surface area contributed by atoms with Crippen molar-refractivity contribution in [2.75, 3.05) is 18.5 Å². The number of nitrogens with zero attached hydrogens (tertiary/aromatic N) is 2. The molecule has 1 aliphatic rings. The minimum Gasteiger partial charge on any atom is -0.445 e. The Bertz CT molecular complexity index is 826. The number of hydrogen-bond acceptors (Lipinski definition) is 4. The van der Waals surface area contributed by atoms with Gasteiger partial charge in [-0.05, 0) is 51.3 Å². The van der Waals surface area contributed by atoms with Crippen molar-refractivity contribution in [1.82, 2.24) is 9.58 Å². The summed E-state index contributed by atoms with van der Waals surface area (Å²) in [6, 6.07) is 13.5. The number of benzene rings is 1. The lowest BCUT2D eigenvalue weighted by Gasteiger charge is -2.32. The average Bonchev–Trinajstić information content (AvgIpc) is 3.13. The zero-order chi connectivity index (χ0) is 20.9. The van der Waals surface area contributed by atoms with E-state index >= 15 is 0 Å². The van der Waals surface area contributed by atoms with Gasteiger partial charge >= 0.3 is 12.2 Å². The van der Waals surface area contributed by atoms with Crippen LogP contribution < -0.4 is 5.43 Å². The molecule has 2 amide bonds. The number of nitrogens with one attached hydrogen (secondary N) is 1. The normalized spacial score (nSPS) is 16.9. The van der Waals surface area contributed by atoms with Crippen LogP contribution in [0.4, 0.5) is 9.59 Å². The van der Waals surface area contributed by atoms with Gasteiger partial charge in [0.25, 0.3) is 0 Å². The van der Waals surface area contributed by atoms with Crippen molar-refractivity contribution in [2.24, 2.45) is 0 Å². The van der Waals surface area contributed by atoms with E-state index in [-0.39, 0.29) is 18.6 Å². The van der Waals surface area contributed by atoms with Crippen LogP contribution in [0.15, 0.2) is 48.7 Å². The SMILES string of the molecule is CC(C)(C)OC(=O)Nn1cccc1[C@@H]1CCCN(C(=O)OCc2ccccc2)C1. The summed E-state index contributed by atoms with van der Waals surface area (Å²) in [5, 5.41) is 0. The third-order valence-corrected chi connectivity index (χ3v) is 4.69. The van der Waals surface area contributed by atoms with Gasteiger partial charge in [-0.15, -0.1) is 0 Å². The number of rotatable bonds is 4. The third kappa shape index (κ3) is 6.01. The molecule has 0 aliphatic carbocycles. The molecule has 1 atom stereocenters. The Hall–Kier alpha value is -2.96. The van der Waals surface area contributed by atoms with Gasteiger partial charge in [-0.1, -0.05) is 30.3 Å². The van der Waals surface area contributed by atoms with Gasteiger partial charge < -0.3 is 14.4 Å². The van der Waals surface area contributed by atoms with Gasteiger partial charge in [-0.3, -0.25) is 4.68 Å². The average molecular weight is 399 g/mol. The summed E-state index contributed by atoms with van der Waals surface area (Å²) < 4.78 is 12.5. The standard InChI is InChI=1S/C22H29N3O4/c1-22(2,3)29-20(26)23-25-14-8-12-19(25)18-11-7-13-24(15-18)21(27)28-16-17-9-5-4-6-10-17/h4-6,8-10,12,14,18H,7,11,13,15-16H2,1-3H3,(H,23,26)/t18-/m1/s1. The molecule has 3 rings (SSSR count). The van der Waals surface area contributed by atoms with Crippen molar-refractivity contribution in [2.45, 2.75) is 51.7 Å². The molecule has 1 aromatic carbocycles. The molecule has 7 nitrogen and oxygen atoms in total. The van der Waals surface area contributed by atoms with Gasteiger partial charge in [0.05, 0.1) is 0 Å². The van der Waals surface area contributed by atoms with Crippen LogP contribution in [0.3, 0.4) is 0 Å². The molecule has 0 saturated carbocycles. The monoisotopic (exact) mass is 399 g/mol. The zero-order valence-corrected chi connectivity index (χ0v) is 17.3. The van der Waals surface area contributed by atoms with Crippen LogP contribution in [0.25, 0.3) is 0 Å². The summed E-state index contributed by atoms with van der Waals surface area (Å²) in [6.45, 7) is 6.95. The fourth-order valence-electron chi connectivity index (χ4n) is 3.42. The summed E-state index contributed by atoms with van der Waals surface area (Å²) in [5.74, 6) is 0.109. The molecular weight excluding hydrogens is 370 g/mol. The fourth-order valence-corrected chi connectivity index (χ4v) is 3.42. The Labute approximate surface area is 171 Å². The second kappa shape index (κ2) is 9.03. The van der Waals surface area contributed by atoms with Crippen molar-refractivity contribution < 1.29 is 19.1 Å². The molecule has 156 valence electrons. The highest BCUT2D eigenvalue weighted by Gasteiger charge is 2.28. The molecule has 1 saturated heterocycles. The van der Waals surface area contributed by atoms with Crippen molar-refractivity contribution >= 4 is 12.2 Å². The number of carbonyl (C=O) groups is 2. The first-order valence-corrected chi connectivity index (χ1v) is 9.95.